The summed E-state index contributed by atoms with van der Waals surface area (Å²) in [6.45, 7) is 0. The molecule has 4 nitrogen and oxygen atoms in total. The van der Waals surface area contributed by atoms with Gasteiger partial charge in [-0.3, -0.25) is 0 Å². The fourth-order valence-corrected chi connectivity index (χ4v) is 2.02. The second kappa shape index (κ2) is 5.92. The van der Waals surface area contributed by atoms with E-state index in [2.05, 4.69) is 4.98 Å². The maximum atomic E-state index is 13.4. The predicted octanol–water partition coefficient (Wildman–Crippen LogP) is 4.23. The summed E-state index contributed by atoms with van der Waals surface area (Å²) >= 11 is 0. The zero-order chi connectivity index (χ0) is 16.4. The van der Waals surface area contributed by atoms with Crippen molar-refractivity contribution in [1.82, 2.24) is 4.98 Å². The first kappa shape index (κ1) is 14.8. The molecule has 116 valence electrons. The third-order valence-corrected chi connectivity index (χ3v) is 3.13. The number of halogens is 2. The van der Waals surface area contributed by atoms with Gasteiger partial charge in [-0.25, -0.2) is 13.8 Å². The van der Waals surface area contributed by atoms with E-state index in [4.69, 9.17) is 4.74 Å². The van der Waals surface area contributed by atoms with E-state index >= 15 is 0 Å². The van der Waals surface area contributed by atoms with Gasteiger partial charge in [-0.15, -0.1) is 0 Å². The molecule has 2 aromatic carbocycles. The summed E-state index contributed by atoms with van der Waals surface area (Å²) in [7, 11) is 0. The minimum Gasteiger partial charge on any atom is -0.505 e. The Morgan fingerprint density at radius 3 is 2.43 bits per heavy atom. The maximum Gasteiger partial charge on any atom is 0.219 e. The van der Waals surface area contributed by atoms with E-state index in [0.29, 0.717) is 5.69 Å². The highest BCUT2D eigenvalue weighted by Gasteiger charge is 2.11. The molecule has 1 heterocycles. The summed E-state index contributed by atoms with van der Waals surface area (Å²) in [6, 6.07) is 12.4. The number of rotatable bonds is 3. The minimum absolute atomic E-state index is 0.150. The van der Waals surface area contributed by atoms with Crippen molar-refractivity contribution >= 4 is 0 Å². The molecule has 3 aromatic rings. The van der Waals surface area contributed by atoms with Gasteiger partial charge in [-0.1, -0.05) is 12.1 Å². The Labute approximate surface area is 130 Å². The quantitative estimate of drug-likeness (QED) is 0.759. The molecule has 0 aliphatic carbocycles. The number of nitrogens with zero attached hydrogens (tertiary/aromatic N) is 1. The zero-order valence-electron chi connectivity index (χ0n) is 11.7. The van der Waals surface area contributed by atoms with Gasteiger partial charge < -0.3 is 14.9 Å². The average molecular weight is 315 g/mol. The standard InChI is InChI=1S/C17H11F2NO3/c18-12-8-7-10(9-15(12)21)23-16-6-2-5-14(20-16)11-3-1-4-13(19)17(11)22/h1-9,21-22H. The van der Waals surface area contributed by atoms with Crippen molar-refractivity contribution in [3.05, 3.63) is 66.2 Å². The van der Waals surface area contributed by atoms with Gasteiger partial charge in [0.05, 0.1) is 5.69 Å². The summed E-state index contributed by atoms with van der Waals surface area (Å²) in [6.07, 6.45) is 0. The van der Waals surface area contributed by atoms with Crippen molar-refractivity contribution in [1.29, 1.82) is 0 Å². The smallest absolute Gasteiger partial charge is 0.219 e. The number of phenols is 2. The Bertz CT molecular complexity index is 868. The molecule has 6 heteroatoms. The number of aromatic hydroxyl groups is 2. The van der Waals surface area contributed by atoms with E-state index in [1.165, 1.54) is 18.2 Å². The lowest BCUT2D eigenvalue weighted by atomic mass is 10.1. The van der Waals surface area contributed by atoms with Crippen LogP contribution >= 0.6 is 0 Å². The second-order valence-electron chi connectivity index (χ2n) is 4.71. The number of benzene rings is 2. The van der Waals surface area contributed by atoms with E-state index < -0.39 is 23.1 Å². The van der Waals surface area contributed by atoms with Gasteiger partial charge in [0.25, 0.3) is 0 Å². The Kier molecular flexibility index (Phi) is 3.80. The van der Waals surface area contributed by atoms with Crippen LogP contribution in [0.25, 0.3) is 11.3 Å². The zero-order valence-corrected chi connectivity index (χ0v) is 11.7. The first-order valence-corrected chi connectivity index (χ1v) is 6.66. The molecule has 0 atom stereocenters. The summed E-state index contributed by atoms with van der Waals surface area (Å²) in [4.78, 5) is 4.17. The normalized spacial score (nSPS) is 10.5. The highest BCUT2D eigenvalue weighted by atomic mass is 19.1. The van der Waals surface area contributed by atoms with E-state index in [1.807, 2.05) is 0 Å². The van der Waals surface area contributed by atoms with Gasteiger partial charge in [-0.2, -0.15) is 0 Å². The number of aromatic nitrogens is 1. The lowest BCUT2D eigenvalue weighted by Gasteiger charge is -2.08. The Balaban J connectivity index is 1.93. The summed E-state index contributed by atoms with van der Waals surface area (Å²) in [5.41, 5.74) is 0.531. The Hall–Kier alpha value is -3.15. The van der Waals surface area contributed by atoms with Crippen molar-refractivity contribution in [3.8, 4) is 34.4 Å². The lowest BCUT2D eigenvalue weighted by Crippen LogP contribution is -1.91. The van der Waals surface area contributed by atoms with E-state index in [-0.39, 0.29) is 17.2 Å². The highest BCUT2D eigenvalue weighted by molar-refractivity contribution is 5.67. The van der Waals surface area contributed by atoms with Crippen molar-refractivity contribution < 1.29 is 23.7 Å². The second-order valence-corrected chi connectivity index (χ2v) is 4.71. The summed E-state index contributed by atoms with van der Waals surface area (Å²) < 4.78 is 31.9. The first-order chi connectivity index (χ1) is 11.0. The average Bonchev–Trinajstić information content (AvgIpc) is 2.54. The largest absolute Gasteiger partial charge is 0.505 e. The van der Waals surface area contributed by atoms with Gasteiger partial charge in [0, 0.05) is 17.7 Å². The Morgan fingerprint density at radius 2 is 1.65 bits per heavy atom. The molecule has 2 N–H and O–H groups in total. The summed E-state index contributed by atoms with van der Waals surface area (Å²) in [5, 5.41) is 19.1. The first-order valence-electron chi connectivity index (χ1n) is 6.66. The third-order valence-electron chi connectivity index (χ3n) is 3.13. The molecule has 0 amide bonds. The fourth-order valence-electron chi connectivity index (χ4n) is 2.02. The molecule has 23 heavy (non-hydrogen) atoms. The van der Waals surface area contributed by atoms with Crippen LogP contribution in [0, 0.1) is 11.6 Å². The molecule has 1 aromatic heterocycles. The number of ether oxygens (including phenoxy) is 1. The molecule has 0 radical (unpaired) electrons. The minimum atomic E-state index is -0.760. The molecule has 0 saturated heterocycles. The SMILES string of the molecule is Oc1cc(Oc2cccc(-c3cccc(F)c3O)n2)ccc1F. The van der Waals surface area contributed by atoms with Crippen LogP contribution < -0.4 is 4.74 Å². The van der Waals surface area contributed by atoms with E-state index in [1.54, 1.807) is 18.2 Å². The molecule has 0 saturated carbocycles. The van der Waals surface area contributed by atoms with Crippen LogP contribution in [0.1, 0.15) is 0 Å². The monoisotopic (exact) mass is 315 g/mol. The molecule has 0 aliphatic heterocycles. The van der Waals surface area contributed by atoms with Crippen LogP contribution in [0.4, 0.5) is 8.78 Å². The molecular weight excluding hydrogens is 304 g/mol. The van der Waals surface area contributed by atoms with Crippen molar-refractivity contribution in [2.75, 3.05) is 0 Å². The van der Waals surface area contributed by atoms with Crippen LogP contribution in [0.5, 0.6) is 23.1 Å². The molecule has 0 aliphatic rings. The van der Waals surface area contributed by atoms with Gasteiger partial charge >= 0.3 is 0 Å². The number of pyridine rings is 1. The third kappa shape index (κ3) is 3.06. The molecule has 0 spiro atoms. The molecule has 0 bridgehead atoms. The highest BCUT2D eigenvalue weighted by Crippen LogP contribution is 2.32. The Morgan fingerprint density at radius 1 is 0.870 bits per heavy atom. The molecule has 0 unspecified atom stereocenters. The van der Waals surface area contributed by atoms with Gasteiger partial charge in [0.2, 0.25) is 5.88 Å². The van der Waals surface area contributed by atoms with Crippen molar-refractivity contribution in [2.24, 2.45) is 0 Å². The predicted molar refractivity (Wildman–Crippen MR) is 79.4 cm³/mol. The fraction of sp³-hybridized carbons (Fsp3) is 0. The summed E-state index contributed by atoms with van der Waals surface area (Å²) in [5.74, 6) is -2.21. The van der Waals surface area contributed by atoms with Crippen LogP contribution in [-0.2, 0) is 0 Å². The number of hydrogen-bond acceptors (Lipinski definition) is 4. The molecule has 3 rings (SSSR count). The van der Waals surface area contributed by atoms with Crippen LogP contribution in [0.3, 0.4) is 0 Å². The van der Waals surface area contributed by atoms with Crippen LogP contribution in [-0.4, -0.2) is 15.2 Å². The van der Waals surface area contributed by atoms with E-state index in [9.17, 15) is 19.0 Å². The van der Waals surface area contributed by atoms with Crippen LogP contribution in [0.2, 0.25) is 0 Å². The topological polar surface area (TPSA) is 62.6 Å². The molecular formula is C17H11F2NO3. The van der Waals surface area contributed by atoms with Crippen LogP contribution in [0.15, 0.2) is 54.6 Å². The lowest BCUT2D eigenvalue weighted by molar-refractivity contribution is 0.418. The van der Waals surface area contributed by atoms with Gasteiger partial charge in [0.1, 0.15) is 5.75 Å². The number of para-hydroxylation sites is 1. The van der Waals surface area contributed by atoms with E-state index in [0.717, 1.165) is 18.2 Å². The van der Waals surface area contributed by atoms with Crippen molar-refractivity contribution in [3.63, 3.8) is 0 Å². The van der Waals surface area contributed by atoms with Gasteiger partial charge in [0.15, 0.2) is 23.1 Å². The van der Waals surface area contributed by atoms with Crippen molar-refractivity contribution in [2.45, 2.75) is 0 Å². The number of phenolic OH excluding ortho intramolecular Hbond substituents is 2. The number of hydrogen-bond donors (Lipinski definition) is 2. The van der Waals surface area contributed by atoms with Gasteiger partial charge in [-0.05, 0) is 30.3 Å². The molecule has 0 fully saturated rings. The maximum absolute atomic E-state index is 13.4.